The van der Waals surface area contributed by atoms with Crippen LogP contribution in [0.4, 0.5) is 18.2 Å². The van der Waals surface area contributed by atoms with Crippen LogP contribution >= 0.6 is 22.9 Å². The highest BCUT2D eigenvalue weighted by Crippen LogP contribution is 2.39. The van der Waals surface area contributed by atoms with Gasteiger partial charge in [-0.1, -0.05) is 11.6 Å². The van der Waals surface area contributed by atoms with Crippen molar-refractivity contribution in [3.05, 3.63) is 32.4 Å². The molecule has 27 heavy (non-hydrogen) atoms. The summed E-state index contributed by atoms with van der Waals surface area (Å²) in [6.07, 6.45) is -1.02. The molecular weight excluding hydrogens is 401 g/mol. The molecule has 5 nitrogen and oxygen atoms in total. The van der Waals surface area contributed by atoms with Gasteiger partial charge in [-0.05, 0) is 45.1 Å². The van der Waals surface area contributed by atoms with Crippen molar-refractivity contribution in [1.29, 1.82) is 5.26 Å². The third-order valence-electron chi connectivity index (χ3n) is 4.61. The predicted molar refractivity (Wildman–Crippen MR) is 96.0 cm³/mol. The van der Waals surface area contributed by atoms with Crippen molar-refractivity contribution >= 4 is 33.8 Å². The molecule has 1 amide bonds. The minimum atomic E-state index is -4.70. The number of anilines is 1. The number of alkyl halides is 3. The third kappa shape index (κ3) is 3.56. The SMILES string of the molecule is Cc1c(Cl)c(C(F)(F)F)nn1C(C)C(=O)Nc1sc2c(c1C#N)CCCC2. The molecule has 1 unspecified atom stereocenters. The molecule has 0 fully saturated rings. The number of nitrogens with one attached hydrogen (secondary N) is 1. The van der Waals surface area contributed by atoms with Gasteiger partial charge in [-0.3, -0.25) is 9.48 Å². The predicted octanol–water partition coefficient (Wildman–Crippen LogP) is 4.88. The molecule has 0 aliphatic heterocycles. The quantitative estimate of drug-likeness (QED) is 0.775. The first kappa shape index (κ1) is 19.7. The number of aryl methyl sites for hydroxylation is 1. The van der Waals surface area contributed by atoms with Crippen LogP contribution in [-0.2, 0) is 23.8 Å². The molecule has 0 bridgehead atoms. The minimum Gasteiger partial charge on any atom is -0.315 e. The van der Waals surface area contributed by atoms with Gasteiger partial charge in [-0.15, -0.1) is 11.3 Å². The standard InChI is InChI=1S/C17H16ClF3N4OS/c1-8-13(18)14(17(19,20)21)24-25(8)9(2)15(26)23-16-11(7-22)10-5-3-4-6-12(10)27-16/h9H,3-6H2,1-2H3,(H,23,26). The van der Waals surface area contributed by atoms with Crippen molar-refractivity contribution in [3.8, 4) is 6.07 Å². The van der Waals surface area contributed by atoms with Crippen molar-refractivity contribution in [3.63, 3.8) is 0 Å². The molecule has 2 heterocycles. The van der Waals surface area contributed by atoms with Crippen LogP contribution in [0.3, 0.4) is 0 Å². The fourth-order valence-electron chi connectivity index (χ4n) is 3.16. The average Bonchev–Trinajstić information content (AvgIpc) is 3.11. The second-order valence-electron chi connectivity index (χ2n) is 6.38. The molecule has 0 saturated heterocycles. The van der Waals surface area contributed by atoms with Gasteiger partial charge in [0.1, 0.15) is 17.1 Å². The summed E-state index contributed by atoms with van der Waals surface area (Å²) >= 11 is 7.10. The Labute approximate surface area is 162 Å². The highest BCUT2D eigenvalue weighted by atomic mass is 35.5. The molecule has 0 aromatic carbocycles. The van der Waals surface area contributed by atoms with Crippen LogP contribution in [-0.4, -0.2) is 15.7 Å². The molecule has 0 saturated carbocycles. The van der Waals surface area contributed by atoms with Crippen molar-refractivity contribution in [1.82, 2.24) is 9.78 Å². The van der Waals surface area contributed by atoms with Crippen molar-refractivity contribution in [2.45, 2.75) is 51.7 Å². The number of halogens is 4. The number of carbonyl (C=O) groups excluding carboxylic acids is 1. The van der Waals surface area contributed by atoms with Gasteiger partial charge < -0.3 is 5.32 Å². The Balaban J connectivity index is 1.88. The lowest BCUT2D eigenvalue weighted by Gasteiger charge is -2.14. The zero-order valence-electron chi connectivity index (χ0n) is 14.6. The van der Waals surface area contributed by atoms with Crippen LogP contribution in [0.2, 0.25) is 5.02 Å². The number of carbonyl (C=O) groups is 1. The molecule has 0 radical (unpaired) electrons. The Morgan fingerprint density at radius 1 is 1.41 bits per heavy atom. The van der Waals surface area contributed by atoms with E-state index in [4.69, 9.17) is 11.6 Å². The van der Waals surface area contributed by atoms with Crippen LogP contribution in [0.15, 0.2) is 0 Å². The lowest BCUT2D eigenvalue weighted by molar-refractivity contribution is -0.141. The van der Waals surface area contributed by atoms with E-state index in [0.29, 0.717) is 10.6 Å². The highest BCUT2D eigenvalue weighted by Gasteiger charge is 2.39. The monoisotopic (exact) mass is 416 g/mol. The van der Waals surface area contributed by atoms with E-state index in [9.17, 15) is 23.2 Å². The van der Waals surface area contributed by atoms with Gasteiger partial charge in [0, 0.05) is 4.88 Å². The Hall–Kier alpha value is -2.05. The largest absolute Gasteiger partial charge is 0.436 e. The van der Waals surface area contributed by atoms with Gasteiger partial charge in [-0.2, -0.15) is 23.5 Å². The first-order valence-corrected chi connectivity index (χ1v) is 9.51. The average molecular weight is 417 g/mol. The van der Waals surface area contributed by atoms with E-state index in [1.165, 1.54) is 25.2 Å². The molecule has 2 aromatic rings. The molecule has 0 spiro atoms. The zero-order chi connectivity index (χ0) is 19.9. The lowest BCUT2D eigenvalue weighted by atomic mass is 9.96. The first-order chi connectivity index (χ1) is 12.6. The molecule has 3 rings (SSSR count). The number of fused-ring (bicyclic) bond motifs is 1. The number of nitriles is 1. The smallest absolute Gasteiger partial charge is 0.315 e. The Bertz CT molecular complexity index is 942. The number of thiophene rings is 1. The summed E-state index contributed by atoms with van der Waals surface area (Å²) < 4.78 is 39.9. The number of hydrogen-bond acceptors (Lipinski definition) is 4. The van der Waals surface area contributed by atoms with Crippen LogP contribution in [0, 0.1) is 18.3 Å². The van der Waals surface area contributed by atoms with Gasteiger partial charge in [0.2, 0.25) is 5.91 Å². The van der Waals surface area contributed by atoms with E-state index < -0.39 is 28.8 Å². The number of rotatable bonds is 3. The Morgan fingerprint density at radius 2 is 2.07 bits per heavy atom. The van der Waals surface area contributed by atoms with Crippen LogP contribution in [0.5, 0.6) is 0 Å². The topological polar surface area (TPSA) is 70.7 Å². The van der Waals surface area contributed by atoms with Crippen molar-refractivity contribution < 1.29 is 18.0 Å². The number of nitrogens with zero attached hydrogens (tertiary/aromatic N) is 3. The third-order valence-corrected chi connectivity index (χ3v) is 6.27. The van der Waals surface area contributed by atoms with E-state index in [0.717, 1.165) is 40.8 Å². The number of aromatic nitrogens is 2. The maximum Gasteiger partial charge on any atom is 0.436 e. The molecule has 1 atom stereocenters. The molecule has 1 aliphatic carbocycles. The molecule has 10 heteroatoms. The van der Waals surface area contributed by atoms with Gasteiger partial charge in [0.05, 0.1) is 16.3 Å². The Morgan fingerprint density at radius 3 is 2.67 bits per heavy atom. The molecule has 2 aromatic heterocycles. The summed E-state index contributed by atoms with van der Waals surface area (Å²) in [4.78, 5) is 13.7. The molecule has 144 valence electrons. The number of amides is 1. The molecule has 1 aliphatic rings. The van der Waals surface area contributed by atoms with Crippen LogP contribution in [0.1, 0.15) is 53.2 Å². The van der Waals surface area contributed by atoms with E-state index in [1.807, 2.05) is 0 Å². The molecule has 1 N–H and O–H groups in total. The summed E-state index contributed by atoms with van der Waals surface area (Å²) in [7, 11) is 0. The maximum atomic E-state index is 13.0. The second-order valence-corrected chi connectivity index (χ2v) is 7.87. The fraction of sp³-hybridized carbons (Fsp3) is 0.471. The fourth-order valence-corrected chi connectivity index (χ4v) is 4.63. The van der Waals surface area contributed by atoms with Gasteiger partial charge in [0.25, 0.3) is 0 Å². The summed E-state index contributed by atoms with van der Waals surface area (Å²) in [6, 6.07) is 1.11. The maximum absolute atomic E-state index is 13.0. The number of hydrogen-bond donors (Lipinski definition) is 1. The van der Waals surface area contributed by atoms with Gasteiger partial charge in [0.15, 0.2) is 5.69 Å². The first-order valence-electron chi connectivity index (χ1n) is 8.32. The highest BCUT2D eigenvalue weighted by molar-refractivity contribution is 7.16. The van der Waals surface area contributed by atoms with E-state index >= 15 is 0 Å². The molecular formula is C17H16ClF3N4OS. The van der Waals surface area contributed by atoms with Gasteiger partial charge >= 0.3 is 6.18 Å². The normalized spacial score (nSPS) is 15.1. The van der Waals surface area contributed by atoms with Crippen LogP contribution < -0.4 is 5.32 Å². The summed E-state index contributed by atoms with van der Waals surface area (Å²) in [6.45, 7) is 2.81. The summed E-state index contributed by atoms with van der Waals surface area (Å²) in [5.41, 5.74) is 0.249. The van der Waals surface area contributed by atoms with Crippen molar-refractivity contribution in [2.24, 2.45) is 0 Å². The summed E-state index contributed by atoms with van der Waals surface area (Å²) in [5.74, 6) is -0.555. The minimum absolute atomic E-state index is 0.0534. The van der Waals surface area contributed by atoms with Gasteiger partial charge in [-0.25, -0.2) is 0 Å². The lowest BCUT2D eigenvalue weighted by Crippen LogP contribution is -2.25. The zero-order valence-corrected chi connectivity index (χ0v) is 16.1. The second kappa shape index (κ2) is 7.17. The Kier molecular flexibility index (Phi) is 5.23. The van der Waals surface area contributed by atoms with E-state index in [1.54, 1.807) is 0 Å². The summed E-state index contributed by atoms with van der Waals surface area (Å²) in [5, 5.41) is 15.5. The van der Waals surface area contributed by atoms with Crippen molar-refractivity contribution in [2.75, 3.05) is 5.32 Å². The van der Waals surface area contributed by atoms with E-state index in [-0.39, 0.29) is 5.69 Å². The van der Waals surface area contributed by atoms with Crippen LogP contribution in [0.25, 0.3) is 0 Å². The van der Waals surface area contributed by atoms with E-state index in [2.05, 4.69) is 16.5 Å².